The number of aromatic nitrogens is 2. The van der Waals surface area contributed by atoms with E-state index in [1.54, 1.807) is 26.0 Å². The highest BCUT2D eigenvalue weighted by Crippen LogP contribution is 2.24. The Balaban J connectivity index is 1.76. The summed E-state index contributed by atoms with van der Waals surface area (Å²) in [4.78, 5) is 21.7. The number of anilines is 2. The van der Waals surface area contributed by atoms with E-state index in [4.69, 9.17) is 0 Å². The standard InChI is InChI=1S/C23H30F3N5O2/c1-14(13-33-22(25)26)28-23-27-12-19(20(31-23)30-18-6-4-3-5-7-18)21(32)29-15(2)16-8-10-17(24)11-9-16/h8-12,14-15,18,22H,3-7,13H2,1-2H3,(H,29,32)(H2,27,28,30,31)/t14-,15-/m0/s1. The van der Waals surface area contributed by atoms with Gasteiger partial charge in [0.25, 0.3) is 5.91 Å². The molecule has 1 aliphatic carbocycles. The van der Waals surface area contributed by atoms with E-state index in [2.05, 4.69) is 30.7 Å². The molecule has 0 bridgehead atoms. The first-order valence-corrected chi connectivity index (χ1v) is 11.2. The van der Waals surface area contributed by atoms with Crippen molar-refractivity contribution >= 4 is 17.7 Å². The zero-order chi connectivity index (χ0) is 23.8. The third-order valence-corrected chi connectivity index (χ3v) is 5.54. The molecule has 0 spiro atoms. The third-order valence-electron chi connectivity index (χ3n) is 5.54. The van der Waals surface area contributed by atoms with Crippen molar-refractivity contribution < 1.29 is 22.7 Å². The maximum atomic E-state index is 13.2. The molecule has 7 nitrogen and oxygen atoms in total. The van der Waals surface area contributed by atoms with E-state index >= 15 is 0 Å². The van der Waals surface area contributed by atoms with Gasteiger partial charge in [0.15, 0.2) is 0 Å². The summed E-state index contributed by atoms with van der Waals surface area (Å²) in [5.41, 5.74) is 1.04. The van der Waals surface area contributed by atoms with Crippen LogP contribution < -0.4 is 16.0 Å². The van der Waals surface area contributed by atoms with Gasteiger partial charge in [0.1, 0.15) is 17.2 Å². The minimum absolute atomic E-state index is 0.183. The molecule has 0 unspecified atom stereocenters. The van der Waals surface area contributed by atoms with Crippen LogP contribution in [0, 0.1) is 5.82 Å². The SMILES string of the molecule is C[C@H](NC(=O)c1cnc(N[C@@H](C)COC(F)F)nc1NC1CCCCC1)c1ccc(F)cc1. The first-order chi connectivity index (χ1) is 15.8. The van der Waals surface area contributed by atoms with Crippen molar-refractivity contribution in [2.75, 3.05) is 17.2 Å². The molecule has 1 aliphatic rings. The van der Waals surface area contributed by atoms with E-state index in [0.717, 1.165) is 31.2 Å². The Morgan fingerprint density at radius 3 is 2.52 bits per heavy atom. The van der Waals surface area contributed by atoms with Gasteiger partial charge in [-0.05, 0) is 44.4 Å². The average molecular weight is 466 g/mol. The molecule has 1 aromatic heterocycles. The van der Waals surface area contributed by atoms with Gasteiger partial charge in [-0.15, -0.1) is 0 Å². The van der Waals surface area contributed by atoms with Crippen LogP contribution in [0.5, 0.6) is 0 Å². The Bertz CT molecular complexity index is 907. The van der Waals surface area contributed by atoms with Crippen molar-refractivity contribution in [2.24, 2.45) is 0 Å². The number of carbonyl (C=O) groups excluding carboxylic acids is 1. The van der Waals surface area contributed by atoms with Crippen LogP contribution >= 0.6 is 0 Å². The fourth-order valence-corrected chi connectivity index (χ4v) is 3.76. The van der Waals surface area contributed by atoms with Crippen LogP contribution in [0.1, 0.15) is 67.9 Å². The van der Waals surface area contributed by atoms with E-state index < -0.39 is 12.7 Å². The van der Waals surface area contributed by atoms with Crippen LogP contribution in [-0.2, 0) is 4.74 Å². The number of hydrogen-bond donors (Lipinski definition) is 3. The minimum atomic E-state index is -2.85. The predicted octanol–water partition coefficient (Wildman–Crippen LogP) is 4.89. The van der Waals surface area contributed by atoms with Crippen LogP contribution in [0.25, 0.3) is 0 Å². The second kappa shape index (κ2) is 11.8. The maximum absolute atomic E-state index is 13.2. The molecule has 3 rings (SSSR count). The Labute approximate surface area is 191 Å². The molecule has 0 aliphatic heterocycles. The Kier molecular flexibility index (Phi) is 8.87. The van der Waals surface area contributed by atoms with Gasteiger partial charge in [-0.1, -0.05) is 31.4 Å². The van der Waals surface area contributed by atoms with Crippen molar-refractivity contribution in [1.82, 2.24) is 15.3 Å². The van der Waals surface area contributed by atoms with Crippen LogP contribution in [0.4, 0.5) is 24.9 Å². The van der Waals surface area contributed by atoms with Crippen LogP contribution in [-0.4, -0.2) is 41.2 Å². The van der Waals surface area contributed by atoms with E-state index in [-0.39, 0.29) is 41.9 Å². The van der Waals surface area contributed by atoms with Gasteiger partial charge in [0.2, 0.25) is 5.95 Å². The second-order valence-electron chi connectivity index (χ2n) is 8.32. The number of rotatable bonds is 10. The summed E-state index contributed by atoms with van der Waals surface area (Å²) in [7, 11) is 0. The summed E-state index contributed by atoms with van der Waals surface area (Å²) in [6.45, 7) is 0.406. The van der Waals surface area contributed by atoms with Crippen molar-refractivity contribution in [2.45, 2.75) is 70.7 Å². The van der Waals surface area contributed by atoms with E-state index in [1.165, 1.54) is 24.8 Å². The smallest absolute Gasteiger partial charge is 0.345 e. The largest absolute Gasteiger partial charge is 0.367 e. The number of ether oxygens (including phenoxy) is 1. The number of alkyl halides is 2. The zero-order valence-corrected chi connectivity index (χ0v) is 18.8. The lowest BCUT2D eigenvalue weighted by molar-refractivity contribution is -0.130. The molecule has 0 radical (unpaired) electrons. The molecule has 1 heterocycles. The molecular weight excluding hydrogens is 435 g/mol. The number of carbonyl (C=O) groups is 1. The molecule has 1 aromatic carbocycles. The summed E-state index contributed by atoms with van der Waals surface area (Å²) in [6, 6.07) is 5.29. The third kappa shape index (κ3) is 7.59. The predicted molar refractivity (Wildman–Crippen MR) is 120 cm³/mol. The average Bonchev–Trinajstić information content (AvgIpc) is 2.79. The summed E-state index contributed by atoms with van der Waals surface area (Å²) >= 11 is 0. The molecule has 3 N–H and O–H groups in total. The number of nitrogens with one attached hydrogen (secondary N) is 3. The normalized spacial score (nSPS) is 16.3. The van der Waals surface area contributed by atoms with Gasteiger partial charge >= 0.3 is 6.61 Å². The highest BCUT2D eigenvalue weighted by molar-refractivity contribution is 5.98. The molecule has 1 fully saturated rings. The summed E-state index contributed by atoms with van der Waals surface area (Å²) in [5, 5.41) is 9.18. The topological polar surface area (TPSA) is 88.2 Å². The number of halogens is 3. The lowest BCUT2D eigenvalue weighted by atomic mass is 9.95. The maximum Gasteiger partial charge on any atom is 0.345 e. The monoisotopic (exact) mass is 465 g/mol. The molecule has 10 heteroatoms. The Hall–Kier alpha value is -2.88. The molecule has 1 amide bonds. The lowest BCUT2D eigenvalue weighted by Crippen LogP contribution is -2.31. The molecule has 33 heavy (non-hydrogen) atoms. The fourth-order valence-electron chi connectivity index (χ4n) is 3.76. The molecular formula is C23H30F3N5O2. The number of benzene rings is 1. The van der Waals surface area contributed by atoms with Gasteiger partial charge in [0.05, 0.1) is 12.6 Å². The molecule has 0 saturated heterocycles. The van der Waals surface area contributed by atoms with Gasteiger partial charge in [-0.3, -0.25) is 4.79 Å². The number of nitrogens with zero attached hydrogens (tertiary/aromatic N) is 2. The quantitative estimate of drug-likeness (QED) is 0.463. The summed E-state index contributed by atoms with van der Waals surface area (Å²) < 4.78 is 42.1. The van der Waals surface area contributed by atoms with Crippen molar-refractivity contribution in [3.05, 3.63) is 47.4 Å². The number of hydrogen-bond acceptors (Lipinski definition) is 6. The molecule has 2 atom stereocenters. The fraction of sp³-hybridized carbons (Fsp3) is 0.522. The first-order valence-electron chi connectivity index (χ1n) is 11.2. The van der Waals surface area contributed by atoms with Crippen molar-refractivity contribution in [3.63, 3.8) is 0 Å². The molecule has 2 aromatic rings. The van der Waals surface area contributed by atoms with E-state index in [1.807, 2.05) is 0 Å². The van der Waals surface area contributed by atoms with Crippen LogP contribution in [0.15, 0.2) is 30.5 Å². The highest BCUT2D eigenvalue weighted by Gasteiger charge is 2.21. The Morgan fingerprint density at radius 2 is 1.85 bits per heavy atom. The molecule has 180 valence electrons. The molecule has 1 saturated carbocycles. The van der Waals surface area contributed by atoms with Gasteiger partial charge in [-0.25, -0.2) is 9.37 Å². The van der Waals surface area contributed by atoms with Gasteiger partial charge in [-0.2, -0.15) is 13.8 Å². The van der Waals surface area contributed by atoms with Gasteiger partial charge in [0, 0.05) is 18.3 Å². The Morgan fingerprint density at radius 1 is 1.15 bits per heavy atom. The van der Waals surface area contributed by atoms with E-state index in [9.17, 15) is 18.0 Å². The first kappa shape index (κ1) is 24.8. The van der Waals surface area contributed by atoms with E-state index in [0.29, 0.717) is 5.82 Å². The lowest BCUT2D eigenvalue weighted by Gasteiger charge is -2.25. The van der Waals surface area contributed by atoms with Crippen LogP contribution in [0.3, 0.4) is 0 Å². The van der Waals surface area contributed by atoms with Gasteiger partial charge < -0.3 is 20.7 Å². The van der Waals surface area contributed by atoms with Crippen molar-refractivity contribution in [3.8, 4) is 0 Å². The number of amides is 1. The highest BCUT2D eigenvalue weighted by atomic mass is 19.3. The summed E-state index contributed by atoms with van der Waals surface area (Å²) in [6.07, 6.45) is 6.72. The second-order valence-corrected chi connectivity index (χ2v) is 8.32. The van der Waals surface area contributed by atoms with Crippen LogP contribution in [0.2, 0.25) is 0 Å². The summed E-state index contributed by atoms with van der Waals surface area (Å²) in [5.74, 6) is -0.126. The zero-order valence-electron chi connectivity index (χ0n) is 18.8. The van der Waals surface area contributed by atoms with Crippen molar-refractivity contribution in [1.29, 1.82) is 0 Å². The minimum Gasteiger partial charge on any atom is -0.367 e.